The third-order valence-corrected chi connectivity index (χ3v) is 6.41. The van der Waals surface area contributed by atoms with Gasteiger partial charge in [0.05, 0.1) is 11.4 Å². The number of nitrogens with one attached hydrogen (secondary N) is 2. The van der Waals surface area contributed by atoms with Crippen molar-refractivity contribution >= 4 is 34.9 Å². The van der Waals surface area contributed by atoms with Gasteiger partial charge in [0, 0.05) is 12.2 Å². The zero-order chi connectivity index (χ0) is 24.9. The first-order valence-electron chi connectivity index (χ1n) is 11.3. The van der Waals surface area contributed by atoms with E-state index in [2.05, 4.69) is 10.6 Å². The number of amides is 3. The van der Waals surface area contributed by atoms with Crippen molar-refractivity contribution in [3.8, 4) is 0 Å². The number of carbonyl (C=O) groups is 3. The summed E-state index contributed by atoms with van der Waals surface area (Å²) in [5.41, 5.74) is 1.89. The molecule has 2 aromatic carbocycles. The lowest BCUT2D eigenvalue weighted by Crippen LogP contribution is -2.47. The van der Waals surface area contributed by atoms with Gasteiger partial charge < -0.3 is 15.4 Å². The lowest BCUT2D eigenvalue weighted by molar-refractivity contribution is -0.126. The summed E-state index contributed by atoms with van der Waals surface area (Å²) in [6.45, 7) is 4.51. The zero-order valence-corrected chi connectivity index (χ0v) is 20.2. The van der Waals surface area contributed by atoms with Crippen LogP contribution in [0.1, 0.15) is 40.8 Å². The van der Waals surface area contributed by atoms with Gasteiger partial charge in [-0.3, -0.25) is 14.5 Å². The first kappa shape index (κ1) is 24.4. The van der Waals surface area contributed by atoms with Crippen LogP contribution in [0.4, 0.5) is 14.9 Å². The van der Waals surface area contributed by atoms with E-state index in [0.29, 0.717) is 28.2 Å². The van der Waals surface area contributed by atoms with Gasteiger partial charge in [0.25, 0.3) is 5.91 Å². The predicted molar refractivity (Wildman–Crippen MR) is 132 cm³/mol. The molecule has 1 fully saturated rings. The molecule has 2 N–H and O–H groups in total. The fourth-order valence-electron chi connectivity index (χ4n) is 3.76. The number of carbonyl (C=O) groups excluding carboxylic acids is 3. The van der Waals surface area contributed by atoms with Crippen molar-refractivity contribution in [1.82, 2.24) is 10.2 Å². The highest BCUT2D eigenvalue weighted by molar-refractivity contribution is 7.12. The molecule has 3 aromatic rings. The summed E-state index contributed by atoms with van der Waals surface area (Å²) in [5.74, 6) is -0.691. The summed E-state index contributed by atoms with van der Waals surface area (Å²) >= 11 is 1.35. The molecule has 0 spiro atoms. The number of cyclic esters (lactones) is 1. The molecule has 1 aliphatic heterocycles. The maximum atomic E-state index is 13.3. The van der Waals surface area contributed by atoms with Crippen LogP contribution in [0.5, 0.6) is 0 Å². The number of ether oxygens (including phenoxy) is 1. The first-order chi connectivity index (χ1) is 16.8. The van der Waals surface area contributed by atoms with Crippen molar-refractivity contribution < 1.29 is 23.5 Å². The van der Waals surface area contributed by atoms with Gasteiger partial charge in [0.2, 0.25) is 5.91 Å². The molecule has 1 saturated heterocycles. The summed E-state index contributed by atoms with van der Waals surface area (Å²) in [4.78, 5) is 40.3. The standard InChI is InChI=1S/C26H26FN3O4S/c1-16(2)14-28-25(32)22-23(34-26(33)30(22)15-17-5-9-19(27)10-6-17)18-7-11-20(12-8-18)29-24(31)21-4-3-13-35-21/h3-13,16,22-23H,14-15H2,1-2H3,(H,28,32)(H,29,31)/t22-,23-/m1/s1. The van der Waals surface area contributed by atoms with Crippen LogP contribution in [-0.4, -0.2) is 35.4 Å². The molecule has 1 aliphatic rings. The van der Waals surface area contributed by atoms with Crippen LogP contribution in [0.3, 0.4) is 0 Å². The lowest BCUT2D eigenvalue weighted by Gasteiger charge is -2.24. The highest BCUT2D eigenvalue weighted by atomic mass is 32.1. The smallest absolute Gasteiger partial charge is 0.411 e. The predicted octanol–water partition coefficient (Wildman–Crippen LogP) is 4.97. The molecular weight excluding hydrogens is 469 g/mol. The van der Waals surface area contributed by atoms with Crippen molar-refractivity contribution in [2.75, 3.05) is 11.9 Å². The van der Waals surface area contributed by atoms with E-state index in [9.17, 15) is 18.8 Å². The third kappa shape index (κ3) is 5.86. The molecule has 182 valence electrons. The van der Waals surface area contributed by atoms with E-state index in [-0.39, 0.29) is 30.1 Å². The Bertz CT molecular complexity index is 1180. The van der Waals surface area contributed by atoms with E-state index in [0.717, 1.165) is 0 Å². The van der Waals surface area contributed by atoms with Crippen LogP contribution in [0.25, 0.3) is 0 Å². The lowest BCUT2D eigenvalue weighted by atomic mass is 10.00. The van der Waals surface area contributed by atoms with Gasteiger partial charge in [-0.25, -0.2) is 9.18 Å². The van der Waals surface area contributed by atoms with Gasteiger partial charge in [0.1, 0.15) is 5.82 Å². The molecule has 2 heterocycles. The average Bonchev–Trinajstić information content (AvgIpc) is 3.48. The molecule has 3 amide bonds. The number of thiophene rings is 1. The minimum absolute atomic E-state index is 0.102. The Morgan fingerprint density at radius 1 is 1.09 bits per heavy atom. The van der Waals surface area contributed by atoms with E-state index in [1.807, 2.05) is 19.2 Å². The van der Waals surface area contributed by atoms with Crippen molar-refractivity contribution in [2.45, 2.75) is 32.5 Å². The molecule has 0 radical (unpaired) electrons. The molecule has 35 heavy (non-hydrogen) atoms. The highest BCUT2D eigenvalue weighted by Gasteiger charge is 2.46. The van der Waals surface area contributed by atoms with Gasteiger partial charge in [-0.15, -0.1) is 11.3 Å². The molecule has 9 heteroatoms. The third-order valence-electron chi connectivity index (χ3n) is 5.55. The minimum atomic E-state index is -0.905. The number of hydrogen-bond acceptors (Lipinski definition) is 5. The van der Waals surface area contributed by atoms with Gasteiger partial charge in [-0.1, -0.05) is 44.2 Å². The zero-order valence-electron chi connectivity index (χ0n) is 19.4. The second-order valence-electron chi connectivity index (χ2n) is 8.70. The fraction of sp³-hybridized carbons (Fsp3) is 0.269. The Labute approximate surface area is 206 Å². The van der Waals surface area contributed by atoms with E-state index in [1.54, 1.807) is 48.5 Å². The van der Waals surface area contributed by atoms with Crippen molar-refractivity contribution in [1.29, 1.82) is 0 Å². The average molecular weight is 496 g/mol. The Morgan fingerprint density at radius 2 is 1.80 bits per heavy atom. The van der Waals surface area contributed by atoms with Gasteiger partial charge in [-0.05, 0) is 52.8 Å². The Hall–Kier alpha value is -3.72. The molecule has 0 unspecified atom stereocenters. The van der Waals surface area contributed by atoms with Crippen molar-refractivity contribution in [2.24, 2.45) is 5.92 Å². The maximum Gasteiger partial charge on any atom is 0.411 e. The molecule has 0 saturated carbocycles. The number of anilines is 1. The summed E-state index contributed by atoms with van der Waals surface area (Å²) in [6.07, 6.45) is -1.46. The van der Waals surface area contributed by atoms with Crippen LogP contribution in [-0.2, 0) is 16.1 Å². The SMILES string of the molecule is CC(C)CNC(=O)[C@H]1[C@@H](c2ccc(NC(=O)c3cccs3)cc2)OC(=O)N1Cc1ccc(F)cc1. The van der Waals surface area contributed by atoms with Crippen LogP contribution < -0.4 is 10.6 Å². The molecule has 2 atom stereocenters. The van der Waals surface area contributed by atoms with E-state index < -0.39 is 18.2 Å². The summed E-state index contributed by atoms with van der Waals surface area (Å²) in [7, 11) is 0. The monoisotopic (exact) mass is 495 g/mol. The van der Waals surface area contributed by atoms with E-state index in [1.165, 1.54) is 28.4 Å². The maximum absolute atomic E-state index is 13.3. The molecule has 0 aliphatic carbocycles. The number of benzene rings is 2. The minimum Gasteiger partial charge on any atom is -0.438 e. The Kier molecular flexibility index (Phi) is 7.45. The molecular formula is C26H26FN3O4S. The molecule has 1 aromatic heterocycles. The number of hydrogen-bond donors (Lipinski definition) is 2. The topological polar surface area (TPSA) is 87.7 Å². The molecule has 0 bridgehead atoms. The first-order valence-corrected chi connectivity index (χ1v) is 12.1. The number of halogens is 1. The summed E-state index contributed by atoms with van der Waals surface area (Å²) < 4.78 is 19.0. The van der Waals surface area contributed by atoms with Crippen LogP contribution in [0, 0.1) is 11.7 Å². The van der Waals surface area contributed by atoms with E-state index >= 15 is 0 Å². The number of rotatable bonds is 8. The molecule has 7 nitrogen and oxygen atoms in total. The second kappa shape index (κ2) is 10.7. The van der Waals surface area contributed by atoms with Crippen molar-refractivity contribution in [3.05, 3.63) is 87.9 Å². The summed E-state index contributed by atoms with van der Waals surface area (Å²) in [6, 6.07) is 15.3. The number of nitrogens with zero attached hydrogens (tertiary/aromatic N) is 1. The second-order valence-corrected chi connectivity index (χ2v) is 9.64. The van der Waals surface area contributed by atoms with Gasteiger partial charge in [0.15, 0.2) is 12.1 Å². The van der Waals surface area contributed by atoms with Crippen LogP contribution >= 0.6 is 11.3 Å². The van der Waals surface area contributed by atoms with Crippen molar-refractivity contribution in [3.63, 3.8) is 0 Å². The largest absolute Gasteiger partial charge is 0.438 e. The van der Waals surface area contributed by atoms with Crippen LogP contribution in [0.2, 0.25) is 0 Å². The fourth-order valence-corrected chi connectivity index (χ4v) is 4.38. The highest BCUT2D eigenvalue weighted by Crippen LogP contribution is 2.34. The summed E-state index contributed by atoms with van der Waals surface area (Å²) in [5, 5.41) is 7.55. The normalized spacial score (nSPS) is 17.4. The quantitative estimate of drug-likeness (QED) is 0.462. The van der Waals surface area contributed by atoms with Gasteiger partial charge >= 0.3 is 6.09 Å². The van der Waals surface area contributed by atoms with Crippen LogP contribution in [0.15, 0.2) is 66.0 Å². The Morgan fingerprint density at radius 3 is 2.43 bits per heavy atom. The molecule has 4 rings (SSSR count). The van der Waals surface area contributed by atoms with E-state index in [4.69, 9.17) is 4.74 Å². The van der Waals surface area contributed by atoms with Gasteiger partial charge in [-0.2, -0.15) is 0 Å². The Balaban J connectivity index is 1.55.